The minimum Gasteiger partial charge on any atom is -0.206 e. The first-order valence-electron chi connectivity index (χ1n) is 10.1. The van der Waals surface area contributed by atoms with E-state index in [2.05, 4.69) is 44.2 Å². The van der Waals surface area contributed by atoms with E-state index in [-0.39, 0.29) is 5.82 Å². The van der Waals surface area contributed by atoms with Gasteiger partial charge in [-0.3, -0.25) is 0 Å². The zero-order valence-electron chi connectivity index (χ0n) is 15.7. The number of hydrogen-bond donors (Lipinski definition) is 0. The van der Waals surface area contributed by atoms with Gasteiger partial charge in [-0.05, 0) is 73.1 Å². The van der Waals surface area contributed by atoms with Gasteiger partial charge in [-0.15, -0.1) is 0 Å². The summed E-state index contributed by atoms with van der Waals surface area (Å²) in [7, 11) is 0. The van der Waals surface area contributed by atoms with Crippen LogP contribution in [-0.2, 0) is 6.42 Å². The first-order valence-corrected chi connectivity index (χ1v) is 10.1. The average molecular weight is 339 g/mol. The zero-order valence-corrected chi connectivity index (χ0v) is 15.7. The Morgan fingerprint density at radius 2 is 1.64 bits per heavy atom. The number of halogens is 1. The van der Waals surface area contributed by atoms with Crippen molar-refractivity contribution < 1.29 is 4.39 Å². The average Bonchev–Trinajstić information content (AvgIpc) is 2.67. The van der Waals surface area contributed by atoms with Crippen LogP contribution in [-0.4, -0.2) is 0 Å². The molecule has 0 N–H and O–H groups in total. The lowest BCUT2D eigenvalue weighted by atomic mass is 9.77. The molecular formula is C24H31F. The molecule has 0 aliphatic heterocycles. The smallest absolute Gasteiger partial charge is 0.131 e. The van der Waals surface area contributed by atoms with E-state index in [9.17, 15) is 4.39 Å². The Balaban J connectivity index is 1.71. The maximum Gasteiger partial charge on any atom is 0.131 e. The molecule has 0 unspecified atom stereocenters. The highest BCUT2D eigenvalue weighted by molar-refractivity contribution is 5.65. The fourth-order valence-corrected chi connectivity index (χ4v) is 4.16. The lowest BCUT2D eigenvalue weighted by Crippen LogP contribution is -2.12. The largest absolute Gasteiger partial charge is 0.206 e. The van der Waals surface area contributed by atoms with Crippen LogP contribution in [0.2, 0.25) is 0 Å². The maximum absolute atomic E-state index is 14.7. The van der Waals surface area contributed by atoms with Crippen LogP contribution in [0.1, 0.15) is 75.8 Å². The molecule has 1 saturated carbocycles. The van der Waals surface area contributed by atoms with Crippen LogP contribution in [0.15, 0.2) is 42.5 Å². The second-order valence-corrected chi connectivity index (χ2v) is 7.67. The van der Waals surface area contributed by atoms with Crippen LogP contribution >= 0.6 is 0 Å². The molecule has 1 aliphatic carbocycles. The summed E-state index contributed by atoms with van der Waals surface area (Å²) in [5.74, 6) is 1.35. The van der Waals surface area contributed by atoms with Crippen molar-refractivity contribution in [1.29, 1.82) is 0 Å². The topological polar surface area (TPSA) is 0 Å². The van der Waals surface area contributed by atoms with Gasteiger partial charge in [-0.1, -0.05) is 63.1 Å². The molecule has 3 rings (SSSR count). The van der Waals surface area contributed by atoms with Gasteiger partial charge in [-0.2, -0.15) is 0 Å². The van der Waals surface area contributed by atoms with Gasteiger partial charge in [0.15, 0.2) is 0 Å². The molecular weight excluding hydrogens is 307 g/mol. The number of aryl methyl sites for hydroxylation is 1. The predicted octanol–water partition coefficient (Wildman–Crippen LogP) is 7.52. The third kappa shape index (κ3) is 4.51. The Labute approximate surface area is 152 Å². The van der Waals surface area contributed by atoms with Crippen molar-refractivity contribution >= 4 is 0 Å². The molecule has 2 aromatic carbocycles. The molecule has 0 atom stereocenters. The van der Waals surface area contributed by atoms with Crippen LogP contribution in [0, 0.1) is 11.7 Å². The molecule has 0 spiro atoms. The lowest BCUT2D eigenvalue weighted by molar-refractivity contribution is 0.318. The van der Waals surface area contributed by atoms with Gasteiger partial charge in [0.1, 0.15) is 5.82 Å². The molecule has 0 radical (unpaired) electrons. The van der Waals surface area contributed by atoms with E-state index >= 15 is 0 Å². The van der Waals surface area contributed by atoms with Gasteiger partial charge >= 0.3 is 0 Å². The van der Waals surface area contributed by atoms with E-state index in [1.165, 1.54) is 56.1 Å². The van der Waals surface area contributed by atoms with E-state index in [1.807, 2.05) is 6.07 Å². The van der Waals surface area contributed by atoms with E-state index in [0.717, 1.165) is 23.5 Å². The summed E-state index contributed by atoms with van der Waals surface area (Å²) in [5, 5.41) is 0. The van der Waals surface area contributed by atoms with Crippen molar-refractivity contribution in [2.75, 3.05) is 0 Å². The highest BCUT2D eigenvalue weighted by atomic mass is 19.1. The minimum absolute atomic E-state index is 0.0728. The zero-order chi connectivity index (χ0) is 17.6. The van der Waals surface area contributed by atoms with Crippen molar-refractivity contribution in [2.24, 2.45) is 5.92 Å². The van der Waals surface area contributed by atoms with Gasteiger partial charge in [0, 0.05) is 5.56 Å². The van der Waals surface area contributed by atoms with Crippen LogP contribution < -0.4 is 0 Å². The molecule has 0 bridgehead atoms. The van der Waals surface area contributed by atoms with Gasteiger partial charge < -0.3 is 0 Å². The second-order valence-electron chi connectivity index (χ2n) is 7.67. The monoisotopic (exact) mass is 338 g/mol. The van der Waals surface area contributed by atoms with Crippen LogP contribution in [0.25, 0.3) is 11.1 Å². The molecule has 0 heterocycles. The Kier molecular flexibility index (Phi) is 6.29. The Hall–Kier alpha value is -1.63. The van der Waals surface area contributed by atoms with Crippen molar-refractivity contribution in [3.63, 3.8) is 0 Å². The van der Waals surface area contributed by atoms with Crippen LogP contribution in [0.5, 0.6) is 0 Å². The van der Waals surface area contributed by atoms with Gasteiger partial charge in [0.25, 0.3) is 0 Å². The minimum atomic E-state index is -0.0728. The first-order chi connectivity index (χ1) is 12.2. The summed E-state index contributed by atoms with van der Waals surface area (Å²) in [4.78, 5) is 0. The molecule has 2 aromatic rings. The van der Waals surface area contributed by atoms with Crippen molar-refractivity contribution in [3.8, 4) is 11.1 Å². The Bertz CT molecular complexity index is 663. The normalized spacial score (nSPS) is 20.6. The molecule has 0 amide bonds. The van der Waals surface area contributed by atoms with Gasteiger partial charge in [-0.25, -0.2) is 4.39 Å². The lowest BCUT2D eigenvalue weighted by Gasteiger charge is -2.28. The maximum atomic E-state index is 14.7. The third-order valence-electron chi connectivity index (χ3n) is 5.97. The van der Waals surface area contributed by atoms with E-state index < -0.39 is 0 Å². The van der Waals surface area contributed by atoms with Crippen molar-refractivity contribution in [3.05, 3.63) is 59.4 Å². The summed E-state index contributed by atoms with van der Waals surface area (Å²) in [6, 6.07) is 14.3. The highest BCUT2D eigenvalue weighted by Crippen LogP contribution is 2.38. The summed E-state index contributed by atoms with van der Waals surface area (Å²) in [5.41, 5.74) is 4.25. The summed E-state index contributed by atoms with van der Waals surface area (Å²) >= 11 is 0. The van der Waals surface area contributed by atoms with E-state index in [0.29, 0.717) is 5.92 Å². The summed E-state index contributed by atoms with van der Waals surface area (Å²) in [6.07, 6.45) is 9.83. The third-order valence-corrected chi connectivity index (χ3v) is 5.97. The molecule has 1 heteroatoms. The Morgan fingerprint density at radius 3 is 2.24 bits per heavy atom. The van der Waals surface area contributed by atoms with Crippen LogP contribution in [0.4, 0.5) is 4.39 Å². The summed E-state index contributed by atoms with van der Waals surface area (Å²) < 4.78 is 14.7. The standard InChI is InChI=1S/C24H31F/c1-3-5-6-19-9-13-21(14-10-19)23-16-15-22(17-24(23)25)20-11-7-18(4-2)8-12-20/h9-10,13-18,20H,3-8,11-12H2,1-2H3/t18-,20-. The fourth-order valence-electron chi connectivity index (χ4n) is 4.16. The number of hydrogen-bond acceptors (Lipinski definition) is 0. The predicted molar refractivity (Wildman–Crippen MR) is 105 cm³/mol. The van der Waals surface area contributed by atoms with E-state index in [4.69, 9.17) is 0 Å². The van der Waals surface area contributed by atoms with Crippen molar-refractivity contribution in [1.82, 2.24) is 0 Å². The first kappa shape index (κ1) is 18.2. The highest BCUT2D eigenvalue weighted by Gasteiger charge is 2.22. The summed E-state index contributed by atoms with van der Waals surface area (Å²) in [6.45, 7) is 4.49. The van der Waals surface area contributed by atoms with Crippen molar-refractivity contribution in [2.45, 2.75) is 71.1 Å². The second kappa shape index (κ2) is 8.65. The van der Waals surface area contributed by atoms with Gasteiger partial charge in [0.05, 0.1) is 0 Å². The molecule has 134 valence electrons. The quantitative estimate of drug-likeness (QED) is 0.511. The molecule has 0 saturated heterocycles. The van der Waals surface area contributed by atoms with Crippen LogP contribution in [0.3, 0.4) is 0 Å². The molecule has 0 nitrogen and oxygen atoms in total. The number of rotatable bonds is 6. The fraction of sp³-hybridized carbons (Fsp3) is 0.500. The number of unbranched alkanes of at least 4 members (excludes halogenated alkanes) is 1. The number of benzene rings is 2. The Morgan fingerprint density at radius 1 is 0.920 bits per heavy atom. The van der Waals surface area contributed by atoms with E-state index in [1.54, 1.807) is 6.07 Å². The molecule has 1 aliphatic rings. The van der Waals surface area contributed by atoms with Gasteiger partial charge in [0.2, 0.25) is 0 Å². The molecule has 1 fully saturated rings. The molecule has 25 heavy (non-hydrogen) atoms. The molecule has 0 aromatic heterocycles. The SMILES string of the molecule is CCCCc1ccc(-c2ccc([C@H]3CC[C@H](CC)CC3)cc2F)cc1.